The zero-order valence-electron chi connectivity index (χ0n) is 11.1. The summed E-state index contributed by atoms with van der Waals surface area (Å²) in [5.41, 5.74) is 0.623. The fraction of sp³-hybridized carbons (Fsp3) is 1.00. The Balaban J connectivity index is 2.20. The SMILES string of the molecule is CCCCCCC(NCC)C1CC1(C)C. The molecule has 2 atom stereocenters. The highest BCUT2D eigenvalue weighted by Gasteiger charge is 2.49. The van der Waals surface area contributed by atoms with Crippen molar-refractivity contribution in [1.82, 2.24) is 5.32 Å². The Kier molecular flexibility index (Phi) is 5.11. The highest BCUT2D eigenvalue weighted by molar-refractivity contribution is 5.01. The van der Waals surface area contributed by atoms with Gasteiger partial charge in [-0.2, -0.15) is 0 Å². The number of nitrogens with one attached hydrogen (secondary N) is 1. The molecule has 0 radical (unpaired) electrons. The van der Waals surface area contributed by atoms with Crippen LogP contribution in [0.2, 0.25) is 0 Å². The van der Waals surface area contributed by atoms with E-state index in [1.807, 2.05) is 0 Å². The smallest absolute Gasteiger partial charge is 0.0100 e. The van der Waals surface area contributed by atoms with Gasteiger partial charge in [0.05, 0.1) is 0 Å². The molecular weight excluding hydrogens is 182 g/mol. The molecule has 1 aliphatic carbocycles. The van der Waals surface area contributed by atoms with Gasteiger partial charge in [-0.3, -0.25) is 0 Å². The standard InChI is InChI=1S/C14H29N/c1-5-7-8-9-10-13(15-6-2)12-11-14(12,3)4/h12-13,15H,5-11H2,1-4H3. The van der Waals surface area contributed by atoms with Crippen molar-refractivity contribution in [3.05, 3.63) is 0 Å². The third-order valence-corrected chi connectivity index (χ3v) is 3.91. The summed E-state index contributed by atoms with van der Waals surface area (Å²) >= 11 is 0. The highest BCUT2D eigenvalue weighted by atomic mass is 14.9. The summed E-state index contributed by atoms with van der Waals surface area (Å²) < 4.78 is 0. The van der Waals surface area contributed by atoms with E-state index in [2.05, 4.69) is 33.0 Å². The molecule has 1 nitrogen and oxygen atoms in total. The van der Waals surface area contributed by atoms with Crippen LogP contribution in [0.5, 0.6) is 0 Å². The lowest BCUT2D eigenvalue weighted by molar-refractivity contribution is 0.378. The maximum atomic E-state index is 3.68. The second-order valence-electron chi connectivity index (χ2n) is 5.81. The molecule has 90 valence electrons. The average Bonchev–Trinajstić information content (AvgIpc) is 2.81. The topological polar surface area (TPSA) is 12.0 Å². The third kappa shape index (κ3) is 4.14. The van der Waals surface area contributed by atoms with Crippen LogP contribution in [0.4, 0.5) is 0 Å². The molecule has 1 N–H and O–H groups in total. The van der Waals surface area contributed by atoms with Gasteiger partial charge in [0.25, 0.3) is 0 Å². The van der Waals surface area contributed by atoms with E-state index in [1.165, 1.54) is 38.5 Å². The van der Waals surface area contributed by atoms with E-state index in [-0.39, 0.29) is 0 Å². The van der Waals surface area contributed by atoms with Crippen molar-refractivity contribution in [3.63, 3.8) is 0 Å². The van der Waals surface area contributed by atoms with Gasteiger partial charge < -0.3 is 5.32 Å². The summed E-state index contributed by atoms with van der Waals surface area (Å²) in [6.45, 7) is 10.5. The molecule has 0 spiro atoms. The summed E-state index contributed by atoms with van der Waals surface area (Å²) in [6, 6.07) is 0.793. The molecule has 0 saturated heterocycles. The second-order valence-corrected chi connectivity index (χ2v) is 5.81. The third-order valence-electron chi connectivity index (χ3n) is 3.91. The van der Waals surface area contributed by atoms with Crippen molar-refractivity contribution >= 4 is 0 Å². The summed E-state index contributed by atoms with van der Waals surface area (Å²) in [5.74, 6) is 0.944. The Hall–Kier alpha value is -0.0400. The molecule has 1 aliphatic rings. The molecule has 0 aromatic carbocycles. The van der Waals surface area contributed by atoms with Gasteiger partial charge in [-0.25, -0.2) is 0 Å². The van der Waals surface area contributed by atoms with Crippen LogP contribution in [-0.2, 0) is 0 Å². The first kappa shape index (κ1) is 13.0. The largest absolute Gasteiger partial charge is 0.314 e. The maximum Gasteiger partial charge on any atom is 0.0100 e. The van der Waals surface area contributed by atoms with E-state index in [4.69, 9.17) is 0 Å². The fourth-order valence-electron chi connectivity index (χ4n) is 2.69. The zero-order chi connectivity index (χ0) is 11.3. The van der Waals surface area contributed by atoms with E-state index < -0.39 is 0 Å². The van der Waals surface area contributed by atoms with Gasteiger partial charge in [0.2, 0.25) is 0 Å². The Bertz CT molecular complexity index is 174. The summed E-state index contributed by atoms with van der Waals surface area (Å²) in [6.07, 6.45) is 8.41. The van der Waals surface area contributed by atoms with Crippen LogP contribution >= 0.6 is 0 Å². The first-order valence-electron chi connectivity index (χ1n) is 6.85. The molecule has 1 heteroatoms. The van der Waals surface area contributed by atoms with Gasteiger partial charge >= 0.3 is 0 Å². The molecule has 1 saturated carbocycles. The van der Waals surface area contributed by atoms with Crippen LogP contribution in [0.15, 0.2) is 0 Å². The van der Waals surface area contributed by atoms with Crippen LogP contribution in [-0.4, -0.2) is 12.6 Å². The van der Waals surface area contributed by atoms with Gasteiger partial charge in [-0.15, -0.1) is 0 Å². The average molecular weight is 211 g/mol. The summed E-state index contributed by atoms with van der Waals surface area (Å²) in [7, 11) is 0. The quantitative estimate of drug-likeness (QED) is 0.599. The maximum absolute atomic E-state index is 3.68. The lowest BCUT2D eigenvalue weighted by atomic mass is 9.98. The normalized spacial score (nSPS) is 25.2. The zero-order valence-corrected chi connectivity index (χ0v) is 11.1. The minimum atomic E-state index is 0.623. The molecule has 1 fully saturated rings. The molecule has 0 aromatic rings. The van der Waals surface area contributed by atoms with Gasteiger partial charge in [-0.05, 0) is 30.7 Å². The van der Waals surface area contributed by atoms with Crippen molar-refractivity contribution in [3.8, 4) is 0 Å². The van der Waals surface area contributed by atoms with Crippen molar-refractivity contribution < 1.29 is 0 Å². The number of hydrogen-bond donors (Lipinski definition) is 1. The van der Waals surface area contributed by atoms with E-state index >= 15 is 0 Å². The molecule has 0 aliphatic heterocycles. The van der Waals surface area contributed by atoms with Crippen molar-refractivity contribution in [2.45, 2.75) is 72.3 Å². The number of rotatable bonds is 8. The lowest BCUT2D eigenvalue weighted by Gasteiger charge is -2.19. The molecule has 0 bridgehead atoms. The molecule has 0 amide bonds. The van der Waals surface area contributed by atoms with E-state index in [0.29, 0.717) is 5.41 Å². The Morgan fingerprint density at radius 3 is 2.33 bits per heavy atom. The van der Waals surface area contributed by atoms with E-state index in [9.17, 15) is 0 Å². The fourth-order valence-corrected chi connectivity index (χ4v) is 2.69. The first-order chi connectivity index (χ1) is 7.11. The van der Waals surface area contributed by atoms with Crippen molar-refractivity contribution in [2.75, 3.05) is 6.54 Å². The van der Waals surface area contributed by atoms with Crippen molar-refractivity contribution in [1.29, 1.82) is 0 Å². The predicted molar refractivity (Wildman–Crippen MR) is 68.1 cm³/mol. The monoisotopic (exact) mass is 211 g/mol. The number of hydrogen-bond acceptors (Lipinski definition) is 1. The highest BCUT2D eigenvalue weighted by Crippen LogP contribution is 2.54. The van der Waals surface area contributed by atoms with Crippen LogP contribution in [0.25, 0.3) is 0 Å². The Labute approximate surface area is 96.0 Å². The van der Waals surface area contributed by atoms with Gasteiger partial charge in [0.15, 0.2) is 0 Å². The second kappa shape index (κ2) is 5.89. The Morgan fingerprint density at radius 1 is 1.20 bits per heavy atom. The molecule has 0 heterocycles. The van der Waals surface area contributed by atoms with Gasteiger partial charge in [0, 0.05) is 6.04 Å². The van der Waals surface area contributed by atoms with Crippen LogP contribution in [0, 0.1) is 11.3 Å². The van der Waals surface area contributed by atoms with Crippen LogP contribution in [0.3, 0.4) is 0 Å². The van der Waals surface area contributed by atoms with Gasteiger partial charge in [-0.1, -0.05) is 53.4 Å². The minimum Gasteiger partial charge on any atom is -0.314 e. The molecule has 15 heavy (non-hydrogen) atoms. The summed E-state index contributed by atoms with van der Waals surface area (Å²) in [4.78, 5) is 0. The predicted octanol–water partition coefficient (Wildman–Crippen LogP) is 3.98. The molecule has 0 aromatic heterocycles. The lowest BCUT2D eigenvalue weighted by Crippen LogP contribution is -2.32. The van der Waals surface area contributed by atoms with Crippen LogP contribution < -0.4 is 5.32 Å². The first-order valence-corrected chi connectivity index (χ1v) is 6.85. The van der Waals surface area contributed by atoms with Gasteiger partial charge in [0.1, 0.15) is 0 Å². The molecule has 1 rings (SSSR count). The number of unbranched alkanes of at least 4 members (excludes halogenated alkanes) is 3. The van der Waals surface area contributed by atoms with E-state index in [1.54, 1.807) is 0 Å². The molecular formula is C14H29N. The van der Waals surface area contributed by atoms with E-state index in [0.717, 1.165) is 18.5 Å². The Morgan fingerprint density at radius 2 is 1.87 bits per heavy atom. The molecule has 2 unspecified atom stereocenters. The minimum absolute atomic E-state index is 0.623. The summed E-state index contributed by atoms with van der Waals surface area (Å²) in [5, 5.41) is 3.68. The van der Waals surface area contributed by atoms with Crippen LogP contribution in [0.1, 0.15) is 66.2 Å². The van der Waals surface area contributed by atoms with Crippen molar-refractivity contribution in [2.24, 2.45) is 11.3 Å².